The van der Waals surface area contributed by atoms with Gasteiger partial charge in [-0.05, 0) is 42.5 Å². The second-order valence-electron chi connectivity index (χ2n) is 9.82. The highest BCUT2D eigenvalue weighted by Gasteiger charge is 2.20. The number of ether oxygens (including phenoxy) is 1. The molecular formula is C25H37N5O2. The number of piperidine rings is 1. The van der Waals surface area contributed by atoms with Gasteiger partial charge in [-0.25, -0.2) is 9.97 Å². The SMILES string of the molecule is CN(Cc1nc([C@H]2CCCNC2)cc(N(C)C)n1)C(=O)COc1ccc(C(C)(C)C)cc1. The van der Waals surface area contributed by atoms with Gasteiger partial charge in [-0.15, -0.1) is 0 Å². The van der Waals surface area contributed by atoms with Crippen molar-refractivity contribution in [3.05, 3.63) is 47.4 Å². The fraction of sp³-hybridized carbons (Fsp3) is 0.560. The summed E-state index contributed by atoms with van der Waals surface area (Å²) in [5, 5.41) is 3.45. The zero-order chi connectivity index (χ0) is 23.3. The van der Waals surface area contributed by atoms with Gasteiger partial charge < -0.3 is 19.9 Å². The van der Waals surface area contributed by atoms with Crippen molar-refractivity contribution in [2.24, 2.45) is 0 Å². The van der Waals surface area contributed by atoms with Gasteiger partial charge >= 0.3 is 0 Å². The van der Waals surface area contributed by atoms with Crippen molar-refractivity contribution in [2.45, 2.75) is 51.5 Å². The van der Waals surface area contributed by atoms with E-state index in [9.17, 15) is 4.79 Å². The molecule has 1 aliphatic rings. The Bertz CT molecular complexity index is 900. The van der Waals surface area contributed by atoms with Crippen LogP contribution in [0.25, 0.3) is 0 Å². The molecule has 3 rings (SSSR count). The summed E-state index contributed by atoms with van der Waals surface area (Å²) in [5.74, 6) is 2.49. The van der Waals surface area contributed by atoms with Crippen molar-refractivity contribution in [3.63, 3.8) is 0 Å². The van der Waals surface area contributed by atoms with E-state index in [0.717, 1.165) is 37.4 Å². The van der Waals surface area contributed by atoms with E-state index >= 15 is 0 Å². The summed E-state index contributed by atoms with van der Waals surface area (Å²) >= 11 is 0. The maximum absolute atomic E-state index is 12.7. The monoisotopic (exact) mass is 439 g/mol. The summed E-state index contributed by atoms with van der Waals surface area (Å²) in [5.41, 5.74) is 2.36. The molecular weight excluding hydrogens is 402 g/mol. The van der Waals surface area contributed by atoms with Crippen LogP contribution in [-0.4, -0.2) is 61.6 Å². The molecule has 7 nitrogen and oxygen atoms in total. The van der Waals surface area contributed by atoms with Crippen LogP contribution in [-0.2, 0) is 16.8 Å². The van der Waals surface area contributed by atoms with Crippen LogP contribution in [0.2, 0.25) is 0 Å². The van der Waals surface area contributed by atoms with Gasteiger partial charge in [-0.2, -0.15) is 0 Å². The minimum atomic E-state index is -0.107. The Morgan fingerprint density at radius 3 is 2.47 bits per heavy atom. The molecule has 0 radical (unpaired) electrons. The zero-order valence-electron chi connectivity index (χ0n) is 20.3. The van der Waals surface area contributed by atoms with Gasteiger partial charge in [-0.3, -0.25) is 4.79 Å². The molecule has 0 spiro atoms. The number of amides is 1. The molecule has 1 N–H and O–H groups in total. The first-order chi connectivity index (χ1) is 15.1. The molecule has 2 aromatic rings. The lowest BCUT2D eigenvalue weighted by Gasteiger charge is -2.24. The second-order valence-corrected chi connectivity index (χ2v) is 9.82. The average Bonchev–Trinajstić information content (AvgIpc) is 2.77. The van der Waals surface area contributed by atoms with Crippen LogP contribution in [0, 0.1) is 0 Å². The molecule has 1 aromatic carbocycles. The first kappa shape index (κ1) is 24.0. The maximum atomic E-state index is 12.7. The number of rotatable bonds is 7. The molecule has 2 heterocycles. The smallest absolute Gasteiger partial charge is 0.260 e. The van der Waals surface area contributed by atoms with Gasteiger partial charge in [0.2, 0.25) is 0 Å². The third kappa shape index (κ3) is 6.42. The van der Waals surface area contributed by atoms with Gasteiger partial charge in [0.1, 0.15) is 17.4 Å². The lowest BCUT2D eigenvalue weighted by Crippen LogP contribution is -2.32. The number of nitrogens with one attached hydrogen (secondary N) is 1. The highest BCUT2D eigenvalue weighted by atomic mass is 16.5. The molecule has 7 heteroatoms. The number of carbonyl (C=O) groups excluding carboxylic acids is 1. The van der Waals surface area contributed by atoms with E-state index in [-0.39, 0.29) is 17.9 Å². The number of benzene rings is 1. The molecule has 1 aliphatic heterocycles. The quantitative estimate of drug-likeness (QED) is 0.714. The third-order valence-electron chi connectivity index (χ3n) is 5.84. The Morgan fingerprint density at radius 1 is 1.16 bits per heavy atom. The van der Waals surface area contributed by atoms with Crippen molar-refractivity contribution in [1.29, 1.82) is 0 Å². The Kier molecular flexibility index (Phi) is 7.72. The second kappa shape index (κ2) is 10.3. The molecule has 0 saturated carbocycles. The van der Waals surface area contributed by atoms with Crippen LogP contribution in [0.3, 0.4) is 0 Å². The molecule has 174 valence electrons. The van der Waals surface area contributed by atoms with Crippen LogP contribution in [0.5, 0.6) is 5.75 Å². The molecule has 1 saturated heterocycles. The minimum absolute atomic E-state index is 0.0157. The van der Waals surface area contributed by atoms with Gasteiger partial charge in [0.15, 0.2) is 6.61 Å². The van der Waals surface area contributed by atoms with E-state index < -0.39 is 0 Å². The number of anilines is 1. The molecule has 0 aliphatic carbocycles. The fourth-order valence-corrected chi connectivity index (χ4v) is 3.72. The summed E-state index contributed by atoms with van der Waals surface area (Å²) in [6.45, 7) is 8.84. The first-order valence-corrected chi connectivity index (χ1v) is 11.4. The molecule has 1 aromatic heterocycles. The topological polar surface area (TPSA) is 70.6 Å². The highest BCUT2D eigenvalue weighted by molar-refractivity contribution is 5.77. The van der Waals surface area contributed by atoms with Gasteiger partial charge in [-0.1, -0.05) is 32.9 Å². The van der Waals surface area contributed by atoms with Crippen molar-refractivity contribution < 1.29 is 9.53 Å². The molecule has 1 atom stereocenters. The normalized spacial score (nSPS) is 16.5. The predicted octanol–water partition coefficient (Wildman–Crippen LogP) is 3.34. The minimum Gasteiger partial charge on any atom is -0.484 e. The van der Waals surface area contributed by atoms with Crippen LogP contribution in [0.1, 0.15) is 56.6 Å². The van der Waals surface area contributed by atoms with Crippen molar-refractivity contribution in [3.8, 4) is 5.75 Å². The summed E-state index contributed by atoms with van der Waals surface area (Å²) in [7, 11) is 5.72. The van der Waals surface area contributed by atoms with Crippen molar-refractivity contribution >= 4 is 11.7 Å². The van der Waals surface area contributed by atoms with Gasteiger partial charge in [0, 0.05) is 39.7 Å². The Labute approximate surface area is 192 Å². The molecule has 1 fully saturated rings. The molecule has 0 bridgehead atoms. The van der Waals surface area contributed by atoms with Gasteiger partial charge in [0.25, 0.3) is 5.91 Å². The predicted molar refractivity (Wildman–Crippen MR) is 128 cm³/mol. The van der Waals surface area contributed by atoms with Crippen molar-refractivity contribution in [1.82, 2.24) is 20.2 Å². The van der Waals surface area contributed by atoms with E-state index in [0.29, 0.717) is 24.0 Å². The highest BCUT2D eigenvalue weighted by Crippen LogP contribution is 2.25. The number of hydrogen-bond acceptors (Lipinski definition) is 6. The van der Waals surface area contributed by atoms with Gasteiger partial charge in [0.05, 0.1) is 12.2 Å². The van der Waals surface area contributed by atoms with Crippen LogP contribution in [0.4, 0.5) is 5.82 Å². The number of nitrogens with zero attached hydrogens (tertiary/aromatic N) is 4. The number of likely N-dealkylation sites (N-methyl/N-ethyl adjacent to an activating group) is 1. The average molecular weight is 440 g/mol. The standard InChI is InChI=1S/C25H37N5O2/c1-25(2,3)19-9-11-20(12-10-19)32-17-24(31)30(6)16-22-27-21(14-23(28-22)29(4)5)18-8-7-13-26-15-18/h9-12,14,18,26H,7-8,13,15-17H2,1-6H3/t18-/m0/s1. The summed E-state index contributed by atoms with van der Waals surface area (Å²) < 4.78 is 5.73. The Morgan fingerprint density at radius 2 is 1.88 bits per heavy atom. The summed E-state index contributed by atoms with van der Waals surface area (Å²) in [4.78, 5) is 25.7. The van der Waals surface area contributed by atoms with E-state index in [4.69, 9.17) is 9.72 Å². The number of hydrogen-bond donors (Lipinski definition) is 1. The van der Waals surface area contributed by atoms with Crippen molar-refractivity contribution in [2.75, 3.05) is 45.7 Å². The Hall–Kier alpha value is -2.67. The maximum Gasteiger partial charge on any atom is 0.260 e. The Balaban J connectivity index is 1.63. The molecule has 32 heavy (non-hydrogen) atoms. The van der Waals surface area contributed by atoms with Crippen LogP contribution < -0.4 is 15.0 Å². The number of carbonyl (C=O) groups is 1. The van der Waals surface area contributed by atoms with E-state index in [1.807, 2.05) is 43.3 Å². The zero-order valence-corrected chi connectivity index (χ0v) is 20.3. The van der Waals surface area contributed by atoms with Crippen LogP contribution >= 0.6 is 0 Å². The van der Waals surface area contributed by atoms with Crippen LogP contribution in [0.15, 0.2) is 30.3 Å². The molecule has 0 unspecified atom stereocenters. The molecule has 1 amide bonds. The largest absolute Gasteiger partial charge is 0.484 e. The summed E-state index contributed by atoms with van der Waals surface area (Å²) in [6.07, 6.45) is 2.26. The van der Waals surface area contributed by atoms with E-state index in [1.54, 1.807) is 11.9 Å². The van der Waals surface area contributed by atoms with E-state index in [1.165, 1.54) is 5.56 Å². The number of aromatic nitrogens is 2. The fourth-order valence-electron chi connectivity index (χ4n) is 3.72. The van der Waals surface area contributed by atoms with E-state index in [2.05, 4.69) is 37.1 Å². The first-order valence-electron chi connectivity index (χ1n) is 11.4. The lowest BCUT2D eigenvalue weighted by molar-refractivity contribution is -0.132. The third-order valence-corrected chi connectivity index (χ3v) is 5.84. The summed E-state index contributed by atoms with van der Waals surface area (Å²) in [6, 6.07) is 9.99. The lowest BCUT2D eigenvalue weighted by atomic mass is 9.87.